The van der Waals surface area contributed by atoms with Crippen LogP contribution in [0.3, 0.4) is 0 Å². The SMILES string of the molecule is FC(F)(F)Cc1nc2cc(Cl)c(Cl)cc2n1Cc1ccc(-n2cccn2)cc1. The van der Waals surface area contributed by atoms with E-state index in [2.05, 4.69) is 10.1 Å². The fourth-order valence-electron chi connectivity index (χ4n) is 3.02. The highest BCUT2D eigenvalue weighted by Crippen LogP contribution is 2.31. The molecule has 28 heavy (non-hydrogen) atoms. The van der Waals surface area contributed by atoms with E-state index in [4.69, 9.17) is 23.2 Å². The van der Waals surface area contributed by atoms with Crippen LogP contribution in [0.4, 0.5) is 13.2 Å². The number of alkyl halides is 3. The summed E-state index contributed by atoms with van der Waals surface area (Å²) in [7, 11) is 0. The molecule has 0 bridgehead atoms. The fourth-order valence-corrected chi connectivity index (χ4v) is 3.33. The van der Waals surface area contributed by atoms with Crippen LogP contribution in [-0.2, 0) is 13.0 Å². The molecule has 4 aromatic rings. The maximum Gasteiger partial charge on any atom is 0.396 e. The Hall–Kier alpha value is -2.51. The number of nitrogens with zero attached hydrogens (tertiary/aromatic N) is 4. The Labute approximate surface area is 168 Å². The van der Waals surface area contributed by atoms with Crippen molar-refractivity contribution < 1.29 is 13.2 Å². The number of hydrogen-bond acceptors (Lipinski definition) is 2. The predicted molar refractivity (Wildman–Crippen MR) is 102 cm³/mol. The quantitative estimate of drug-likeness (QED) is 0.422. The second kappa shape index (κ2) is 7.14. The number of fused-ring (bicyclic) bond motifs is 1. The molecular weight excluding hydrogens is 412 g/mol. The molecule has 2 heterocycles. The maximum absolute atomic E-state index is 13.0. The summed E-state index contributed by atoms with van der Waals surface area (Å²) in [5.74, 6) is -0.0861. The smallest absolute Gasteiger partial charge is 0.323 e. The lowest BCUT2D eigenvalue weighted by Gasteiger charge is -2.12. The Morgan fingerprint density at radius 3 is 2.36 bits per heavy atom. The summed E-state index contributed by atoms with van der Waals surface area (Å²) in [4.78, 5) is 4.14. The summed E-state index contributed by atoms with van der Waals surface area (Å²) in [6.45, 7) is 0.221. The first-order valence-electron chi connectivity index (χ1n) is 8.30. The number of imidazole rings is 1. The summed E-state index contributed by atoms with van der Waals surface area (Å²) < 4.78 is 42.3. The third-order valence-electron chi connectivity index (χ3n) is 4.27. The lowest BCUT2D eigenvalue weighted by atomic mass is 10.2. The van der Waals surface area contributed by atoms with Crippen LogP contribution in [0.1, 0.15) is 11.4 Å². The van der Waals surface area contributed by atoms with Crippen molar-refractivity contribution in [3.8, 4) is 5.69 Å². The zero-order valence-electron chi connectivity index (χ0n) is 14.3. The summed E-state index contributed by atoms with van der Waals surface area (Å²) in [6.07, 6.45) is -2.03. The van der Waals surface area contributed by atoms with Crippen LogP contribution in [0.5, 0.6) is 0 Å². The average molecular weight is 425 g/mol. The molecule has 0 aliphatic heterocycles. The zero-order valence-corrected chi connectivity index (χ0v) is 15.8. The van der Waals surface area contributed by atoms with Crippen molar-refractivity contribution in [1.82, 2.24) is 19.3 Å². The van der Waals surface area contributed by atoms with E-state index in [-0.39, 0.29) is 22.4 Å². The van der Waals surface area contributed by atoms with Crippen molar-refractivity contribution in [3.63, 3.8) is 0 Å². The van der Waals surface area contributed by atoms with Crippen LogP contribution >= 0.6 is 23.2 Å². The molecule has 0 atom stereocenters. The molecule has 0 aliphatic carbocycles. The van der Waals surface area contributed by atoms with Crippen LogP contribution < -0.4 is 0 Å². The number of hydrogen-bond donors (Lipinski definition) is 0. The van der Waals surface area contributed by atoms with Gasteiger partial charge in [-0.05, 0) is 35.9 Å². The molecule has 0 fully saturated rings. The van der Waals surface area contributed by atoms with Crippen LogP contribution in [0.15, 0.2) is 54.9 Å². The van der Waals surface area contributed by atoms with E-state index in [1.807, 2.05) is 36.5 Å². The Balaban J connectivity index is 1.74. The first kappa shape index (κ1) is 18.8. The summed E-state index contributed by atoms with van der Waals surface area (Å²) in [5, 5.41) is 4.67. The Kier molecular flexibility index (Phi) is 4.81. The lowest BCUT2D eigenvalue weighted by molar-refractivity contribution is -0.128. The Morgan fingerprint density at radius 2 is 1.71 bits per heavy atom. The van der Waals surface area contributed by atoms with Gasteiger partial charge in [-0.3, -0.25) is 0 Å². The number of halogens is 5. The summed E-state index contributed by atoms with van der Waals surface area (Å²) in [6, 6.07) is 12.2. The molecule has 0 spiro atoms. The van der Waals surface area contributed by atoms with Crippen molar-refractivity contribution in [1.29, 1.82) is 0 Å². The second-order valence-electron chi connectivity index (χ2n) is 6.28. The number of aromatic nitrogens is 4. The van der Waals surface area contributed by atoms with Crippen molar-refractivity contribution >= 4 is 34.2 Å². The molecule has 0 radical (unpaired) electrons. The highest BCUT2D eigenvalue weighted by Gasteiger charge is 2.31. The van der Waals surface area contributed by atoms with Gasteiger partial charge in [0.2, 0.25) is 0 Å². The van der Waals surface area contributed by atoms with E-state index in [9.17, 15) is 13.2 Å². The highest BCUT2D eigenvalue weighted by atomic mass is 35.5. The van der Waals surface area contributed by atoms with Crippen molar-refractivity contribution in [2.45, 2.75) is 19.1 Å². The van der Waals surface area contributed by atoms with Crippen LogP contribution in [0.25, 0.3) is 16.7 Å². The van der Waals surface area contributed by atoms with Crippen LogP contribution in [0.2, 0.25) is 10.0 Å². The summed E-state index contributed by atoms with van der Waals surface area (Å²) >= 11 is 12.1. The Bertz CT molecular complexity index is 1120. The Morgan fingerprint density at radius 1 is 1.00 bits per heavy atom. The number of benzene rings is 2. The number of rotatable bonds is 4. The largest absolute Gasteiger partial charge is 0.396 e. The molecular formula is C19H13Cl2F3N4. The molecule has 4 rings (SSSR count). The molecule has 0 unspecified atom stereocenters. The van der Waals surface area contributed by atoms with E-state index >= 15 is 0 Å². The molecule has 0 saturated carbocycles. The second-order valence-corrected chi connectivity index (χ2v) is 7.09. The third kappa shape index (κ3) is 3.86. The van der Waals surface area contributed by atoms with Crippen LogP contribution in [0, 0.1) is 0 Å². The van der Waals surface area contributed by atoms with Gasteiger partial charge in [-0.1, -0.05) is 35.3 Å². The van der Waals surface area contributed by atoms with Crippen LogP contribution in [-0.4, -0.2) is 25.5 Å². The average Bonchev–Trinajstić information content (AvgIpc) is 3.25. The molecule has 0 aliphatic rings. The molecule has 0 N–H and O–H groups in total. The van der Waals surface area contributed by atoms with Gasteiger partial charge in [0, 0.05) is 18.9 Å². The first-order valence-corrected chi connectivity index (χ1v) is 9.05. The topological polar surface area (TPSA) is 35.6 Å². The molecule has 0 amide bonds. The summed E-state index contributed by atoms with van der Waals surface area (Å²) in [5.41, 5.74) is 2.56. The minimum atomic E-state index is -4.38. The van der Waals surface area contributed by atoms with E-state index < -0.39 is 12.6 Å². The van der Waals surface area contributed by atoms with Gasteiger partial charge in [0.25, 0.3) is 0 Å². The van der Waals surface area contributed by atoms with E-state index in [1.54, 1.807) is 16.9 Å². The van der Waals surface area contributed by atoms with Gasteiger partial charge in [-0.15, -0.1) is 0 Å². The van der Waals surface area contributed by atoms with E-state index in [0.717, 1.165) is 11.3 Å². The highest BCUT2D eigenvalue weighted by molar-refractivity contribution is 6.42. The standard InChI is InChI=1S/C19H13Cl2F3N4/c20-14-8-16-17(9-15(14)21)27(18(26-16)10-19(22,23)24)11-12-2-4-13(5-3-12)28-7-1-6-25-28/h1-9H,10-11H2. The molecule has 4 nitrogen and oxygen atoms in total. The molecule has 9 heteroatoms. The third-order valence-corrected chi connectivity index (χ3v) is 5.00. The van der Waals surface area contributed by atoms with E-state index in [0.29, 0.717) is 11.0 Å². The van der Waals surface area contributed by atoms with Crippen molar-refractivity contribution in [2.75, 3.05) is 0 Å². The van der Waals surface area contributed by atoms with E-state index in [1.165, 1.54) is 10.6 Å². The first-order chi connectivity index (χ1) is 13.3. The molecule has 0 saturated heterocycles. The zero-order chi connectivity index (χ0) is 19.9. The maximum atomic E-state index is 13.0. The monoisotopic (exact) mass is 424 g/mol. The molecule has 2 aromatic heterocycles. The van der Waals surface area contributed by atoms with Gasteiger partial charge in [-0.2, -0.15) is 18.3 Å². The molecule has 144 valence electrons. The fraction of sp³-hybridized carbons (Fsp3) is 0.158. The lowest BCUT2D eigenvalue weighted by Crippen LogP contribution is -2.16. The predicted octanol–water partition coefficient (Wildman–Crippen LogP) is 5.68. The normalized spacial score (nSPS) is 12.0. The van der Waals surface area contributed by atoms with Gasteiger partial charge in [0.1, 0.15) is 12.2 Å². The van der Waals surface area contributed by atoms with Crippen molar-refractivity contribution in [2.24, 2.45) is 0 Å². The van der Waals surface area contributed by atoms with Gasteiger partial charge >= 0.3 is 6.18 Å². The van der Waals surface area contributed by atoms with Gasteiger partial charge in [0.15, 0.2) is 0 Å². The van der Waals surface area contributed by atoms with Gasteiger partial charge in [-0.25, -0.2) is 9.67 Å². The van der Waals surface area contributed by atoms with Gasteiger partial charge in [0.05, 0.1) is 26.8 Å². The molecule has 2 aromatic carbocycles. The van der Waals surface area contributed by atoms with Crippen molar-refractivity contribution in [3.05, 3.63) is 76.3 Å². The van der Waals surface area contributed by atoms with Gasteiger partial charge < -0.3 is 4.57 Å². The minimum absolute atomic E-state index is 0.0861. The minimum Gasteiger partial charge on any atom is -0.323 e.